The van der Waals surface area contributed by atoms with Gasteiger partial charge in [-0.2, -0.15) is 5.01 Å². The number of amides is 5. The van der Waals surface area contributed by atoms with Crippen molar-refractivity contribution in [3.05, 3.63) is 35.4 Å². The molecule has 1 aromatic rings. The summed E-state index contributed by atoms with van der Waals surface area (Å²) in [4.78, 5) is 62.3. The molecule has 0 unspecified atom stereocenters. The normalized spacial score (nSPS) is 18.3. The Bertz CT molecular complexity index is 994. The largest absolute Gasteiger partial charge is 0.480 e. The van der Waals surface area contributed by atoms with E-state index < -0.39 is 47.8 Å². The molecule has 1 aliphatic rings. The first-order valence-electron chi connectivity index (χ1n) is 10.8. The summed E-state index contributed by atoms with van der Waals surface area (Å²) in [5, 5.41) is 23.2. The van der Waals surface area contributed by atoms with Crippen LogP contribution >= 0.6 is 0 Å². The number of carboxylic acids is 1. The van der Waals surface area contributed by atoms with Gasteiger partial charge in [0.2, 0.25) is 11.8 Å². The van der Waals surface area contributed by atoms with Gasteiger partial charge >= 0.3 is 12.0 Å². The molecule has 1 fully saturated rings. The van der Waals surface area contributed by atoms with Crippen molar-refractivity contribution in [3.8, 4) is 0 Å². The molecule has 0 radical (unpaired) electrons. The lowest BCUT2D eigenvalue weighted by Crippen LogP contribution is -2.57. The lowest BCUT2D eigenvalue weighted by molar-refractivity contribution is -0.158. The third-order valence-corrected chi connectivity index (χ3v) is 5.54. The van der Waals surface area contributed by atoms with Crippen LogP contribution in [0.5, 0.6) is 0 Å². The molecule has 0 saturated carbocycles. The van der Waals surface area contributed by atoms with Crippen molar-refractivity contribution < 1.29 is 29.1 Å². The Morgan fingerprint density at radius 1 is 1.24 bits per heavy atom. The van der Waals surface area contributed by atoms with Gasteiger partial charge in [-0.1, -0.05) is 44.0 Å². The van der Waals surface area contributed by atoms with Crippen LogP contribution in [0.1, 0.15) is 57.6 Å². The van der Waals surface area contributed by atoms with Gasteiger partial charge in [0, 0.05) is 18.9 Å². The minimum atomic E-state index is -1.55. The molecule has 1 heterocycles. The molecule has 12 nitrogen and oxygen atoms in total. The predicted octanol–water partition coefficient (Wildman–Crippen LogP) is 0.651. The number of unbranched alkanes of at least 4 members (excludes halogenated alkanes) is 2. The van der Waals surface area contributed by atoms with Gasteiger partial charge in [-0.3, -0.25) is 19.8 Å². The second-order valence-corrected chi connectivity index (χ2v) is 8.18. The molecule has 0 aromatic heterocycles. The number of nitrogens with two attached hydrogens (primary N) is 1. The number of nitrogens with zero attached hydrogens (tertiary/aromatic N) is 2. The Hall–Kier alpha value is -3.96. The fourth-order valence-electron chi connectivity index (χ4n) is 3.53. The zero-order chi connectivity index (χ0) is 25.6. The molecule has 2 rings (SSSR count). The van der Waals surface area contributed by atoms with Crippen molar-refractivity contribution in [1.29, 1.82) is 5.41 Å². The van der Waals surface area contributed by atoms with Crippen LogP contribution in [0, 0.1) is 5.41 Å². The van der Waals surface area contributed by atoms with Crippen molar-refractivity contribution >= 4 is 35.6 Å². The molecule has 34 heavy (non-hydrogen) atoms. The van der Waals surface area contributed by atoms with Crippen LogP contribution in [0.15, 0.2) is 24.3 Å². The Morgan fingerprint density at radius 2 is 1.85 bits per heavy atom. The second kappa shape index (κ2) is 10.8. The van der Waals surface area contributed by atoms with Crippen LogP contribution in [0.4, 0.5) is 4.79 Å². The number of hydrazine groups is 1. The fraction of sp³-hybridized carbons (Fsp3) is 0.455. The number of carbonyl (C=O) groups is 5. The highest BCUT2D eigenvalue weighted by Crippen LogP contribution is 2.30. The Labute approximate surface area is 196 Å². The minimum absolute atomic E-state index is 0.120. The topological polar surface area (TPSA) is 186 Å². The van der Waals surface area contributed by atoms with Crippen LogP contribution in [0.2, 0.25) is 0 Å². The molecule has 12 heteroatoms. The highest BCUT2D eigenvalue weighted by molar-refractivity contribution is 6.08. The van der Waals surface area contributed by atoms with E-state index in [0.29, 0.717) is 27.6 Å². The maximum absolute atomic E-state index is 13.3. The molecule has 0 bridgehead atoms. The van der Waals surface area contributed by atoms with Crippen molar-refractivity contribution in [3.63, 3.8) is 0 Å². The van der Waals surface area contributed by atoms with Gasteiger partial charge in [0.15, 0.2) is 0 Å². The van der Waals surface area contributed by atoms with E-state index in [1.54, 1.807) is 0 Å². The maximum Gasteiger partial charge on any atom is 0.344 e. The fourth-order valence-corrected chi connectivity index (χ4v) is 3.53. The first-order valence-corrected chi connectivity index (χ1v) is 10.8. The van der Waals surface area contributed by atoms with E-state index >= 15 is 0 Å². The highest BCUT2D eigenvalue weighted by Gasteiger charge is 2.52. The number of imide groups is 1. The number of amidine groups is 1. The summed E-state index contributed by atoms with van der Waals surface area (Å²) in [5.74, 6) is -3.64. The van der Waals surface area contributed by atoms with E-state index in [2.05, 4.69) is 10.6 Å². The van der Waals surface area contributed by atoms with E-state index in [4.69, 9.17) is 11.1 Å². The maximum atomic E-state index is 13.3. The SMILES string of the molecule is CCCCCC(=O)N[C@H](CN(C(C)=O)N1C(=O)N[C@](C)(c2ccc(C(=N)N)cc2)C1=O)C(=O)O. The number of rotatable bonds is 11. The average molecular weight is 475 g/mol. The molecule has 6 N–H and O–H groups in total. The van der Waals surface area contributed by atoms with Crippen molar-refractivity contribution in [2.24, 2.45) is 5.73 Å². The average Bonchev–Trinajstić information content (AvgIpc) is 3.00. The van der Waals surface area contributed by atoms with Gasteiger partial charge in [-0.05, 0) is 18.9 Å². The summed E-state index contributed by atoms with van der Waals surface area (Å²) in [7, 11) is 0. The van der Waals surface area contributed by atoms with Crippen LogP contribution < -0.4 is 16.4 Å². The van der Waals surface area contributed by atoms with Crippen molar-refractivity contribution in [2.45, 2.75) is 58.0 Å². The smallest absolute Gasteiger partial charge is 0.344 e. The number of benzene rings is 1. The molecule has 1 saturated heterocycles. The van der Waals surface area contributed by atoms with Gasteiger partial charge in [-0.15, -0.1) is 0 Å². The summed E-state index contributed by atoms with van der Waals surface area (Å²) in [5.41, 5.74) is 4.69. The summed E-state index contributed by atoms with van der Waals surface area (Å²) >= 11 is 0. The molecule has 5 amide bonds. The van der Waals surface area contributed by atoms with Crippen LogP contribution in [0.25, 0.3) is 0 Å². The van der Waals surface area contributed by atoms with Gasteiger partial charge in [0.25, 0.3) is 5.91 Å². The predicted molar refractivity (Wildman–Crippen MR) is 121 cm³/mol. The Balaban J connectivity index is 2.27. The number of urea groups is 1. The third kappa shape index (κ3) is 5.69. The Morgan fingerprint density at radius 3 is 2.35 bits per heavy atom. The number of hydrogen-bond donors (Lipinski definition) is 5. The van der Waals surface area contributed by atoms with Crippen LogP contribution in [-0.2, 0) is 24.7 Å². The molecular weight excluding hydrogens is 444 g/mol. The second-order valence-electron chi connectivity index (χ2n) is 8.18. The monoisotopic (exact) mass is 474 g/mol. The zero-order valence-electron chi connectivity index (χ0n) is 19.4. The lowest BCUT2D eigenvalue weighted by atomic mass is 9.91. The molecule has 0 aliphatic carbocycles. The molecule has 0 spiro atoms. The minimum Gasteiger partial charge on any atom is -0.480 e. The number of hydrogen-bond acceptors (Lipinski definition) is 6. The summed E-state index contributed by atoms with van der Waals surface area (Å²) < 4.78 is 0. The summed E-state index contributed by atoms with van der Waals surface area (Å²) in [6.07, 6.45) is 2.39. The molecular formula is C22H30N6O6. The summed E-state index contributed by atoms with van der Waals surface area (Å²) in [6, 6.07) is 3.63. The first-order chi connectivity index (χ1) is 15.9. The van der Waals surface area contributed by atoms with E-state index in [1.165, 1.54) is 31.2 Å². The van der Waals surface area contributed by atoms with Gasteiger partial charge in [0.1, 0.15) is 17.4 Å². The number of aliphatic carboxylic acids is 1. The number of nitrogens with one attached hydrogen (secondary N) is 3. The van der Waals surface area contributed by atoms with Crippen LogP contribution in [-0.4, -0.2) is 63.3 Å². The van der Waals surface area contributed by atoms with E-state index in [-0.39, 0.29) is 12.3 Å². The van der Waals surface area contributed by atoms with E-state index in [9.17, 15) is 29.1 Å². The van der Waals surface area contributed by atoms with Gasteiger partial charge < -0.3 is 21.5 Å². The lowest BCUT2D eigenvalue weighted by Gasteiger charge is -2.31. The molecule has 1 aliphatic heterocycles. The third-order valence-electron chi connectivity index (χ3n) is 5.54. The molecule has 184 valence electrons. The highest BCUT2D eigenvalue weighted by atomic mass is 16.4. The number of nitrogen functional groups attached to an aromatic ring is 1. The number of carbonyl (C=O) groups excluding carboxylic acids is 4. The molecule has 2 atom stereocenters. The first kappa shape index (κ1) is 26.3. The quantitative estimate of drug-likeness (QED) is 0.135. The van der Waals surface area contributed by atoms with Crippen molar-refractivity contribution in [2.75, 3.05) is 6.54 Å². The zero-order valence-corrected chi connectivity index (χ0v) is 19.4. The van der Waals surface area contributed by atoms with Gasteiger partial charge in [-0.25, -0.2) is 14.6 Å². The Kier molecular flexibility index (Phi) is 8.33. The van der Waals surface area contributed by atoms with E-state index in [1.807, 2.05) is 6.92 Å². The molecule has 1 aromatic carbocycles. The standard InChI is InChI=1S/C22H30N6O6/c1-4-5-6-7-17(30)25-16(19(31)32)12-27(13(2)29)28-20(33)22(3,26-21(28)34)15-10-8-14(9-11-15)18(23)24/h8-11,16H,4-7,12H2,1-3H3,(H3,23,24)(H,25,30)(H,26,34)(H,31,32)/t16-,22-/m1/s1. The summed E-state index contributed by atoms with van der Waals surface area (Å²) in [6.45, 7) is 3.87. The number of carboxylic acid groups (broad SMARTS) is 1. The van der Waals surface area contributed by atoms with Crippen LogP contribution in [0.3, 0.4) is 0 Å². The van der Waals surface area contributed by atoms with E-state index in [0.717, 1.165) is 19.8 Å². The van der Waals surface area contributed by atoms with Crippen molar-refractivity contribution in [1.82, 2.24) is 20.7 Å². The van der Waals surface area contributed by atoms with Gasteiger partial charge in [0.05, 0.1) is 6.54 Å².